The second kappa shape index (κ2) is 4.53. The van der Waals surface area contributed by atoms with E-state index < -0.39 is 0 Å². The van der Waals surface area contributed by atoms with Crippen molar-refractivity contribution in [3.05, 3.63) is 30.1 Å². The highest BCUT2D eigenvalue weighted by Gasteiger charge is 1.97. The molecule has 0 atom stereocenters. The minimum atomic E-state index is 0.663. The first-order valence-corrected chi connectivity index (χ1v) is 3.85. The summed E-state index contributed by atoms with van der Waals surface area (Å²) in [7, 11) is 1.98. The highest BCUT2D eigenvalue weighted by atomic mass is 15.1. The quantitative estimate of drug-likeness (QED) is 0.616. The first-order valence-electron chi connectivity index (χ1n) is 3.85. The fraction of sp³-hybridized carbons (Fsp3) is 0.300. The Morgan fingerprint density at radius 1 is 1.58 bits per heavy atom. The van der Waals surface area contributed by atoms with E-state index in [2.05, 4.69) is 10.9 Å². The normalized spacial score (nSPS) is 9.75. The van der Waals surface area contributed by atoms with Gasteiger partial charge in [0.1, 0.15) is 0 Å². The Balaban J connectivity index is 2.48. The van der Waals surface area contributed by atoms with E-state index >= 15 is 0 Å². The van der Waals surface area contributed by atoms with Crippen LogP contribution in [-0.4, -0.2) is 23.5 Å². The first-order chi connectivity index (χ1) is 5.83. The molecule has 0 radical (unpaired) electrons. The maximum atomic E-state index is 5.17. The van der Waals surface area contributed by atoms with Gasteiger partial charge >= 0.3 is 0 Å². The fourth-order valence-electron chi connectivity index (χ4n) is 0.980. The lowest BCUT2D eigenvalue weighted by molar-refractivity contribution is 0.364. The predicted octanol–water partition coefficient (Wildman–Crippen LogP) is 1.15. The lowest BCUT2D eigenvalue weighted by Crippen LogP contribution is -2.18. The van der Waals surface area contributed by atoms with E-state index in [1.165, 1.54) is 0 Å². The minimum absolute atomic E-state index is 0.663. The van der Waals surface area contributed by atoms with E-state index in [1.54, 1.807) is 6.20 Å². The van der Waals surface area contributed by atoms with Gasteiger partial charge in [-0.25, -0.2) is 0 Å². The topological polar surface area (TPSA) is 16.1 Å². The number of pyridine rings is 1. The fourth-order valence-corrected chi connectivity index (χ4v) is 0.980. The lowest BCUT2D eigenvalue weighted by atomic mass is 10.3. The Morgan fingerprint density at radius 2 is 2.42 bits per heavy atom. The average molecular weight is 160 g/mol. The third-order valence-corrected chi connectivity index (χ3v) is 1.52. The molecule has 0 amide bonds. The van der Waals surface area contributed by atoms with Gasteiger partial charge in [-0.2, -0.15) is 0 Å². The van der Waals surface area contributed by atoms with Crippen molar-refractivity contribution in [1.29, 1.82) is 0 Å². The molecule has 0 saturated carbocycles. The van der Waals surface area contributed by atoms with E-state index in [9.17, 15) is 0 Å². The van der Waals surface area contributed by atoms with Crippen molar-refractivity contribution < 1.29 is 0 Å². The molecule has 0 saturated heterocycles. The van der Waals surface area contributed by atoms with Gasteiger partial charge in [-0.15, -0.1) is 6.42 Å². The number of terminal acetylenes is 1. The van der Waals surface area contributed by atoms with Crippen molar-refractivity contribution in [2.24, 2.45) is 0 Å². The summed E-state index contributed by atoms with van der Waals surface area (Å²) in [4.78, 5) is 6.23. The van der Waals surface area contributed by atoms with Crippen LogP contribution in [0.25, 0.3) is 0 Å². The summed E-state index contributed by atoms with van der Waals surface area (Å²) < 4.78 is 0. The van der Waals surface area contributed by atoms with Crippen LogP contribution in [0.3, 0.4) is 0 Å². The highest BCUT2D eigenvalue weighted by Crippen LogP contribution is 1.97. The molecule has 1 aromatic rings. The third kappa shape index (κ3) is 2.73. The summed E-state index contributed by atoms with van der Waals surface area (Å²) in [6.45, 7) is 1.47. The van der Waals surface area contributed by atoms with Gasteiger partial charge in [0.15, 0.2) is 0 Å². The maximum Gasteiger partial charge on any atom is 0.0599 e. The first kappa shape index (κ1) is 8.76. The molecular weight excluding hydrogens is 148 g/mol. The van der Waals surface area contributed by atoms with Gasteiger partial charge < -0.3 is 0 Å². The molecule has 0 spiro atoms. The van der Waals surface area contributed by atoms with Gasteiger partial charge in [-0.05, 0) is 19.2 Å². The predicted molar refractivity (Wildman–Crippen MR) is 49.4 cm³/mol. The molecule has 0 N–H and O–H groups in total. The van der Waals surface area contributed by atoms with E-state index in [4.69, 9.17) is 6.42 Å². The summed E-state index contributed by atoms with van der Waals surface area (Å²) in [5, 5.41) is 0. The Bertz CT molecular complexity index is 261. The molecule has 1 heterocycles. The summed E-state index contributed by atoms with van der Waals surface area (Å²) in [6.07, 6.45) is 6.96. The van der Waals surface area contributed by atoms with Crippen LogP contribution < -0.4 is 0 Å². The molecule has 0 unspecified atom stereocenters. The largest absolute Gasteiger partial charge is 0.290 e. The molecular formula is C10H12N2. The second-order valence-corrected chi connectivity index (χ2v) is 2.70. The van der Waals surface area contributed by atoms with Crippen LogP contribution in [0.5, 0.6) is 0 Å². The zero-order chi connectivity index (χ0) is 8.81. The number of hydrogen-bond acceptors (Lipinski definition) is 2. The maximum absolute atomic E-state index is 5.17. The second-order valence-electron chi connectivity index (χ2n) is 2.70. The van der Waals surface area contributed by atoms with Crippen molar-refractivity contribution in [1.82, 2.24) is 9.88 Å². The average Bonchev–Trinajstić information content (AvgIpc) is 2.06. The van der Waals surface area contributed by atoms with Crippen LogP contribution in [0.2, 0.25) is 0 Å². The minimum Gasteiger partial charge on any atom is -0.290 e. The molecule has 62 valence electrons. The van der Waals surface area contributed by atoms with E-state index in [0.29, 0.717) is 6.54 Å². The molecule has 0 aliphatic rings. The molecule has 0 fully saturated rings. The monoisotopic (exact) mass is 160 g/mol. The van der Waals surface area contributed by atoms with Gasteiger partial charge in [0.25, 0.3) is 0 Å². The standard InChI is InChI=1S/C10H12N2/c1-3-8-12(2)9-10-6-4-5-7-11-10/h1,4-7H,8-9H2,2H3. The Kier molecular flexibility index (Phi) is 3.31. The van der Waals surface area contributed by atoms with Crippen LogP contribution in [0.4, 0.5) is 0 Å². The van der Waals surface area contributed by atoms with Crippen LogP contribution in [0, 0.1) is 12.3 Å². The van der Waals surface area contributed by atoms with Gasteiger partial charge in [-0.1, -0.05) is 12.0 Å². The molecule has 0 aliphatic carbocycles. The molecule has 2 heteroatoms. The smallest absolute Gasteiger partial charge is 0.0599 e. The van der Waals surface area contributed by atoms with Gasteiger partial charge in [0, 0.05) is 12.7 Å². The summed E-state index contributed by atoms with van der Waals surface area (Å²) in [5.41, 5.74) is 1.05. The molecule has 0 bridgehead atoms. The highest BCUT2D eigenvalue weighted by molar-refractivity contribution is 5.03. The van der Waals surface area contributed by atoms with Crippen molar-refractivity contribution in [3.63, 3.8) is 0 Å². The zero-order valence-electron chi connectivity index (χ0n) is 7.20. The van der Waals surface area contributed by atoms with E-state index in [0.717, 1.165) is 12.2 Å². The van der Waals surface area contributed by atoms with Crippen molar-refractivity contribution in [2.75, 3.05) is 13.6 Å². The number of nitrogens with zero attached hydrogens (tertiary/aromatic N) is 2. The summed E-state index contributed by atoms with van der Waals surface area (Å²) in [5.74, 6) is 2.59. The van der Waals surface area contributed by atoms with Gasteiger partial charge in [0.2, 0.25) is 0 Å². The van der Waals surface area contributed by atoms with Crippen molar-refractivity contribution >= 4 is 0 Å². The van der Waals surface area contributed by atoms with E-state index in [1.807, 2.05) is 30.1 Å². The number of rotatable bonds is 3. The molecule has 2 nitrogen and oxygen atoms in total. The van der Waals surface area contributed by atoms with Gasteiger partial charge in [0.05, 0.1) is 12.2 Å². The molecule has 1 aromatic heterocycles. The van der Waals surface area contributed by atoms with Crippen LogP contribution in [-0.2, 0) is 6.54 Å². The summed E-state index contributed by atoms with van der Waals surface area (Å²) in [6, 6.07) is 5.88. The van der Waals surface area contributed by atoms with E-state index in [-0.39, 0.29) is 0 Å². The lowest BCUT2D eigenvalue weighted by Gasteiger charge is -2.11. The van der Waals surface area contributed by atoms with Crippen molar-refractivity contribution in [3.8, 4) is 12.3 Å². The Morgan fingerprint density at radius 3 is 3.00 bits per heavy atom. The van der Waals surface area contributed by atoms with Crippen LogP contribution in [0.1, 0.15) is 5.69 Å². The van der Waals surface area contributed by atoms with Crippen LogP contribution >= 0.6 is 0 Å². The molecule has 12 heavy (non-hydrogen) atoms. The Hall–Kier alpha value is -1.33. The zero-order valence-corrected chi connectivity index (χ0v) is 7.20. The van der Waals surface area contributed by atoms with Crippen molar-refractivity contribution in [2.45, 2.75) is 6.54 Å². The third-order valence-electron chi connectivity index (χ3n) is 1.52. The molecule has 1 rings (SSSR count). The van der Waals surface area contributed by atoms with Crippen LogP contribution in [0.15, 0.2) is 24.4 Å². The SMILES string of the molecule is C#CCN(C)Cc1ccccn1. The number of hydrogen-bond donors (Lipinski definition) is 0. The Labute approximate surface area is 73.2 Å². The van der Waals surface area contributed by atoms with Gasteiger partial charge in [-0.3, -0.25) is 9.88 Å². The molecule has 0 aliphatic heterocycles. The summed E-state index contributed by atoms with van der Waals surface area (Å²) >= 11 is 0. The molecule has 0 aromatic carbocycles. The number of aromatic nitrogens is 1.